The van der Waals surface area contributed by atoms with Crippen LogP contribution in [0.25, 0.3) is 0 Å². The fourth-order valence-corrected chi connectivity index (χ4v) is 5.14. The summed E-state index contributed by atoms with van der Waals surface area (Å²) >= 11 is 0. The van der Waals surface area contributed by atoms with Gasteiger partial charge in [0.05, 0.1) is 11.0 Å². The molecule has 1 aliphatic heterocycles. The number of carbonyl (C=O) groups excluding carboxylic acids is 2. The number of nitro benzene ring substituents is 1. The van der Waals surface area contributed by atoms with E-state index in [1.54, 1.807) is 4.90 Å². The lowest BCUT2D eigenvalue weighted by molar-refractivity contribution is -0.384. The fourth-order valence-electron chi connectivity index (χ4n) is 5.14. The van der Waals surface area contributed by atoms with Gasteiger partial charge in [-0.3, -0.25) is 24.6 Å². The second-order valence-corrected chi connectivity index (χ2v) is 9.15. The summed E-state index contributed by atoms with van der Waals surface area (Å²) in [6, 6.07) is 15.7. The Kier molecular flexibility index (Phi) is 7.90. The summed E-state index contributed by atoms with van der Waals surface area (Å²) in [7, 11) is 0. The molecule has 180 valence electrons. The molecule has 0 radical (unpaired) electrons. The van der Waals surface area contributed by atoms with E-state index in [9.17, 15) is 19.7 Å². The Bertz CT molecular complexity index is 982. The lowest BCUT2D eigenvalue weighted by atomic mass is 9.94. The topological polar surface area (TPSA) is 95.8 Å². The summed E-state index contributed by atoms with van der Waals surface area (Å²) < 4.78 is 0. The van der Waals surface area contributed by atoms with Gasteiger partial charge >= 0.3 is 0 Å². The van der Waals surface area contributed by atoms with Gasteiger partial charge in [0, 0.05) is 50.4 Å². The van der Waals surface area contributed by atoms with E-state index in [0.717, 1.165) is 32.1 Å². The number of rotatable bonds is 8. The summed E-state index contributed by atoms with van der Waals surface area (Å²) in [5.41, 5.74) is 1.63. The Morgan fingerprint density at radius 1 is 0.971 bits per heavy atom. The van der Waals surface area contributed by atoms with Crippen molar-refractivity contribution in [1.29, 1.82) is 0 Å². The van der Waals surface area contributed by atoms with E-state index in [1.165, 1.54) is 29.8 Å². The predicted octanol–water partition coefficient (Wildman–Crippen LogP) is 3.27. The van der Waals surface area contributed by atoms with Crippen LogP contribution in [0.4, 0.5) is 5.69 Å². The molecule has 8 nitrogen and oxygen atoms in total. The summed E-state index contributed by atoms with van der Waals surface area (Å²) in [6.45, 7) is 2.98. The standard InChI is InChI=1S/C26H32N4O4/c31-25(27-15-14-20-6-2-1-3-7-20)24(21-8-4-5-9-21)28-16-18-29(19-17-28)26(32)22-10-12-23(13-11-22)30(33)34/h1-3,6-7,10-13,21,24H,4-5,8-9,14-19H2,(H,27,31). The second kappa shape index (κ2) is 11.2. The number of carbonyl (C=O) groups is 2. The number of amides is 2. The molecule has 0 aromatic heterocycles. The molecule has 1 saturated heterocycles. The SMILES string of the molecule is O=C(NCCc1ccccc1)C(C1CCCC1)N1CCN(C(=O)c2ccc([N+](=O)[O-])cc2)CC1. The van der Waals surface area contributed by atoms with Gasteiger partial charge in [-0.2, -0.15) is 0 Å². The maximum Gasteiger partial charge on any atom is 0.269 e. The zero-order chi connectivity index (χ0) is 23.9. The zero-order valence-electron chi connectivity index (χ0n) is 19.4. The van der Waals surface area contributed by atoms with Crippen LogP contribution in [0, 0.1) is 16.0 Å². The first-order valence-corrected chi connectivity index (χ1v) is 12.1. The van der Waals surface area contributed by atoms with Crippen molar-refractivity contribution in [2.75, 3.05) is 32.7 Å². The van der Waals surface area contributed by atoms with Gasteiger partial charge in [0.1, 0.15) is 0 Å². The van der Waals surface area contributed by atoms with Gasteiger partial charge in [-0.15, -0.1) is 0 Å². The average Bonchev–Trinajstić information content (AvgIpc) is 3.39. The molecule has 1 heterocycles. The van der Waals surface area contributed by atoms with E-state index < -0.39 is 4.92 Å². The molecule has 4 rings (SSSR count). The molecule has 1 saturated carbocycles. The third-order valence-electron chi connectivity index (χ3n) is 6.99. The molecular weight excluding hydrogens is 432 g/mol. The molecule has 2 fully saturated rings. The van der Waals surface area contributed by atoms with Crippen LogP contribution in [-0.4, -0.2) is 65.3 Å². The summed E-state index contributed by atoms with van der Waals surface area (Å²) in [6.07, 6.45) is 5.27. The highest BCUT2D eigenvalue weighted by Gasteiger charge is 2.37. The van der Waals surface area contributed by atoms with Gasteiger partial charge in [0.2, 0.25) is 5.91 Å². The second-order valence-electron chi connectivity index (χ2n) is 9.15. The molecule has 0 bridgehead atoms. The Morgan fingerprint density at radius 3 is 2.24 bits per heavy atom. The lowest BCUT2D eigenvalue weighted by Gasteiger charge is -2.40. The Labute approximate surface area is 200 Å². The van der Waals surface area contributed by atoms with Crippen molar-refractivity contribution in [3.8, 4) is 0 Å². The van der Waals surface area contributed by atoms with Crippen LogP contribution in [0.3, 0.4) is 0 Å². The van der Waals surface area contributed by atoms with Crippen molar-refractivity contribution in [3.05, 3.63) is 75.8 Å². The monoisotopic (exact) mass is 464 g/mol. The minimum atomic E-state index is -0.471. The van der Waals surface area contributed by atoms with Crippen molar-refractivity contribution in [2.24, 2.45) is 5.92 Å². The average molecular weight is 465 g/mol. The molecule has 2 aromatic carbocycles. The van der Waals surface area contributed by atoms with E-state index in [-0.39, 0.29) is 23.5 Å². The number of benzene rings is 2. The fraction of sp³-hybridized carbons (Fsp3) is 0.462. The largest absolute Gasteiger partial charge is 0.354 e. The van der Waals surface area contributed by atoms with Gasteiger partial charge in [0.15, 0.2) is 0 Å². The molecule has 1 atom stereocenters. The van der Waals surface area contributed by atoms with Crippen LogP contribution in [0.1, 0.15) is 41.6 Å². The van der Waals surface area contributed by atoms with Gasteiger partial charge in [-0.05, 0) is 42.9 Å². The van der Waals surface area contributed by atoms with Gasteiger partial charge in [0.25, 0.3) is 11.6 Å². The number of nitrogens with zero attached hydrogens (tertiary/aromatic N) is 3. The van der Waals surface area contributed by atoms with Crippen LogP contribution in [0.15, 0.2) is 54.6 Å². The quantitative estimate of drug-likeness (QED) is 0.478. The van der Waals surface area contributed by atoms with E-state index >= 15 is 0 Å². The van der Waals surface area contributed by atoms with Crippen LogP contribution in [0.2, 0.25) is 0 Å². The van der Waals surface area contributed by atoms with E-state index in [4.69, 9.17) is 0 Å². The third-order valence-corrected chi connectivity index (χ3v) is 6.99. The number of hydrogen-bond acceptors (Lipinski definition) is 5. The van der Waals surface area contributed by atoms with Crippen molar-refractivity contribution in [3.63, 3.8) is 0 Å². The Balaban J connectivity index is 1.34. The zero-order valence-corrected chi connectivity index (χ0v) is 19.4. The number of non-ortho nitro benzene ring substituents is 1. The Hall–Kier alpha value is -3.26. The van der Waals surface area contributed by atoms with Crippen LogP contribution in [0.5, 0.6) is 0 Å². The summed E-state index contributed by atoms with van der Waals surface area (Å²) in [5, 5.41) is 14.0. The smallest absolute Gasteiger partial charge is 0.269 e. The summed E-state index contributed by atoms with van der Waals surface area (Å²) in [5.74, 6) is 0.325. The number of nitro groups is 1. The Morgan fingerprint density at radius 2 is 1.62 bits per heavy atom. The van der Waals surface area contributed by atoms with E-state index in [2.05, 4.69) is 22.3 Å². The maximum absolute atomic E-state index is 13.3. The number of piperazine rings is 1. The first-order valence-electron chi connectivity index (χ1n) is 12.1. The van der Waals surface area contributed by atoms with Crippen LogP contribution >= 0.6 is 0 Å². The normalized spacial score (nSPS) is 17.9. The minimum Gasteiger partial charge on any atom is -0.354 e. The molecule has 1 aliphatic carbocycles. The van der Waals surface area contributed by atoms with Crippen LogP contribution < -0.4 is 5.32 Å². The number of hydrogen-bond donors (Lipinski definition) is 1. The van der Waals surface area contributed by atoms with Gasteiger partial charge in [-0.25, -0.2) is 0 Å². The first kappa shape index (κ1) is 23.9. The van der Waals surface area contributed by atoms with Gasteiger partial charge in [-0.1, -0.05) is 43.2 Å². The van der Waals surface area contributed by atoms with Gasteiger partial charge < -0.3 is 10.2 Å². The lowest BCUT2D eigenvalue weighted by Crippen LogP contribution is -2.58. The molecule has 2 amide bonds. The molecule has 2 aliphatic rings. The van der Waals surface area contributed by atoms with Crippen LogP contribution in [-0.2, 0) is 11.2 Å². The highest BCUT2D eigenvalue weighted by atomic mass is 16.6. The molecule has 1 N–H and O–H groups in total. The highest BCUT2D eigenvalue weighted by molar-refractivity contribution is 5.94. The van der Waals surface area contributed by atoms with Crippen molar-refractivity contribution >= 4 is 17.5 Å². The highest BCUT2D eigenvalue weighted by Crippen LogP contribution is 2.31. The molecule has 1 unspecified atom stereocenters. The first-order chi connectivity index (χ1) is 16.5. The number of nitrogens with one attached hydrogen (secondary N) is 1. The van der Waals surface area contributed by atoms with Crippen molar-refractivity contribution < 1.29 is 14.5 Å². The van der Waals surface area contributed by atoms with E-state index in [1.807, 2.05) is 18.2 Å². The van der Waals surface area contributed by atoms with Crippen molar-refractivity contribution in [2.45, 2.75) is 38.1 Å². The maximum atomic E-state index is 13.3. The predicted molar refractivity (Wildman–Crippen MR) is 129 cm³/mol. The molecule has 8 heteroatoms. The van der Waals surface area contributed by atoms with E-state index in [0.29, 0.717) is 44.2 Å². The summed E-state index contributed by atoms with van der Waals surface area (Å²) in [4.78, 5) is 40.5. The van der Waals surface area contributed by atoms with Crippen molar-refractivity contribution in [1.82, 2.24) is 15.1 Å². The molecule has 0 spiro atoms. The molecule has 2 aromatic rings. The molecule has 34 heavy (non-hydrogen) atoms. The molecular formula is C26H32N4O4. The third kappa shape index (κ3) is 5.80. The minimum absolute atomic E-state index is 0.0287.